The Kier molecular flexibility index (Phi) is 5.72. The van der Waals surface area contributed by atoms with Gasteiger partial charge in [-0.15, -0.1) is 0 Å². The summed E-state index contributed by atoms with van der Waals surface area (Å²) < 4.78 is 8.60. The minimum absolute atomic E-state index is 0.0953. The lowest BCUT2D eigenvalue weighted by molar-refractivity contribution is -0.116. The molecule has 0 saturated heterocycles. The Morgan fingerprint density at radius 3 is 2.70 bits per heavy atom. The number of fused-ring (bicyclic) bond motifs is 1. The normalized spacial score (nSPS) is 11.0. The van der Waals surface area contributed by atoms with Gasteiger partial charge in [0.15, 0.2) is 0 Å². The van der Waals surface area contributed by atoms with E-state index in [9.17, 15) is 9.59 Å². The molecule has 1 amide bonds. The molecule has 152 valence electrons. The smallest absolute Gasteiger partial charge is 0.269 e. The average molecular weight is 402 g/mol. The molecule has 0 fully saturated rings. The van der Waals surface area contributed by atoms with Gasteiger partial charge in [-0.05, 0) is 18.2 Å². The van der Waals surface area contributed by atoms with Crippen LogP contribution in [0.2, 0.25) is 0 Å². The fourth-order valence-electron chi connectivity index (χ4n) is 3.39. The lowest BCUT2D eigenvalue weighted by atomic mass is 10.2. The fraction of sp³-hybridized carbons (Fsp3) is 0.174. The Hall–Kier alpha value is -3.71. The van der Waals surface area contributed by atoms with Gasteiger partial charge in [0.25, 0.3) is 5.56 Å². The summed E-state index contributed by atoms with van der Waals surface area (Å²) in [7, 11) is 1.67. The molecule has 0 saturated carbocycles. The molecule has 2 aromatic carbocycles. The molecule has 0 radical (unpaired) electrons. The van der Waals surface area contributed by atoms with Crippen LogP contribution >= 0.6 is 0 Å². The van der Waals surface area contributed by atoms with E-state index in [2.05, 4.69) is 14.9 Å². The predicted molar refractivity (Wildman–Crippen MR) is 116 cm³/mol. The Morgan fingerprint density at radius 1 is 1.07 bits per heavy atom. The van der Waals surface area contributed by atoms with Gasteiger partial charge in [0.05, 0.1) is 29.7 Å². The van der Waals surface area contributed by atoms with E-state index in [0.717, 1.165) is 23.0 Å². The maximum Gasteiger partial charge on any atom is 0.269 e. The van der Waals surface area contributed by atoms with Crippen molar-refractivity contribution in [3.63, 3.8) is 0 Å². The number of carbonyl (C=O) groups is 1. The van der Waals surface area contributed by atoms with Crippen molar-refractivity contribution in [2.75, 3.05) is 19.0 Å². The highest BCUT2D eigenvalue weighted by Crippen LogP contribution is 2.24. The molecule has 0 aliphatic carbocycles. The average Bonchev–Trinajstić information content (AvgIpc) is 3.18. The molecule has 0 aliphatic heterocycles. The first-order valence-electron chi connectivity index (χ1n) is 9.64. The second-order valence-corrected chi connectivity index (χ2v) is 6.89. The van der Waals surface area contributed by atoms with Crippen LogP contribution < -0.4 is 10.9 Å². The molecular weight excluding hydrogens is 380 g/mol. The highest BCUT2D eigenvalue weighted by atomic mass is 16.5. The monoisotopic (exact) mass is 402 g/mol. The van der Waals surface area contributed by atoms with Crippen molar-refractivity contribution in [3.8, 4) is 11.3 Å². The van der Waals surface area contributed by atoms with Crippen molar-refractivity contribution in [2.45, 2.75) is 13.1 Å². The molecule has 4 aromatic rings. The zero-order valence-electron chi connectivity index (χ0n) is 16.6. The van der Waals surface area contributed by atoms with Crippen LogP contribution in [0, 0.1) is 0 Å². The second kappa shape index (κ2) is 8.75. The van der Waals surface area contributed by atoms with Crippen LogP contribution in [0.1, 0.15) is 0 Å². The van der Waals surface area contributed by atoms with Gasteiger partial charge in [-0.1, -0.05) is 36.4 Å². The van der Waals surface area contributed by atoms with E-state index in [0.29, 0.717) is 18.0 Å². The molecule has 7 nitrogen and oxygen atoms in total. The lowest BCUT2D eigenvalue weighted by Crippen LogP contribution is -2.27. The number of anilines is 1. The first-order chi connectivity index (χ1) is 14.7. The maximum atomic E-state index is 12.7. The van der Waals surface area contributed by atoms with E-state index in [1.165, 1.54) is 10.8 Å². The van der Waals surface area contributed by atoms with Gasteiger partial charge >= 0.3 is 0 Å². The number of ether oxygens (including phenoxy) is 1. The molecule has 2 heterocycles. The Bertz CT molecular complexity index is 1230. The van der Waals surface area contributed by atoms with Gasteiger partial charge < -0.3 is 19.2 Å². The van der Waals surface area contributed by atoms with Gasteiger partial charge in [-0.2, -0.15) is 0 Å². The number of benzene rings is 2. The quantitative estimate of drug-likeness (QED) is 0.515. The third-order valence-electron chi connectivity index (χ3n) is 4.88. The molecule has 0 atom stereocenters. The molecule has 4 rings (SSSR count). The van der Waals surface area contributed by atoms with Crippen LogP contribution in [-0.2, 0) is 22.6 Å². The Balaban J connectivity index is 1.54. The molecule has 0 spiro atoms. The van der Waals surface area contributed by atoms with E-state index in [4.69, 9.17) is 4.74 Å². The van der Waals surface area contributed by atoms with E-state index in [-0.39, 0.29) is 18.0 Å². The maximum absolute atomic E-state index is 12.7. The van der Waals surface area contributed by atoms with E-state index >= 15 is 0 Å². The third-order valence-corrected chi connectivity index (χ3v) is 4.88. The summed E-state index contributed by atoms with van der Waals surface area (Å²) in [6.45, 7) is 1.24. The molecule has 7 heteroatoms. The first-order valence-corrected chi connectivity index (χ1v) is 9.64. The van der Waals surface area contributed by atoms with Crippen LogP contribution in [0.3, 0.4) is 0 Å². The minimum Gasteiger partial charge on any atom is -0.383 e. The van der Waals surface area contributed by atoms with E-state index < -0.39 is 0 Å². The SMILES string of the molecule is COCCn1ccc2c(NC(=O)Cn3cc(-c4ccccc4)ncc3=O)cccc21. The summed E-state index contributed by atoms with van der Waals surface area (Å²) in [5.41, 5.74) is 2.92. The van der Waals surface area contributed by atoms with Gasteiger partial charge in [-0.25, -0.2) is 4.98 Å². The van der Waals surface area contributed by atoms with Gasteiger partial charge in [-0.3, -0.25) is 9.59 Å². The minimum atomic E-state index is -0.325. The predicted octanol–water partition coefficient (Wildman–Crippen LogP) is 3.15. The molecule has 1 N–H and O–H groups in total. The highest BCUT2D eigenvalue weighted by molar-refractivity contribution is 6.01. The molecular formula is C23H22N4O3. The molecule has 0 aliphatic rings. The largest absolute Gasteiger partial charge is 0.383 e. The van der Waals surface area contributed by atoms with Crippen LogP contribution in [0.4, 0.5) is 5.69 Å². The summed E-state index contributed by atoms with van der Waals surface area (Å²) in [5.74, 6) is -0.278. The zero-order valence-corrected chi connectivity index (χ0v) is 16.6. The van der Waals surface area contributed by atoms with E-state index in [1.54, 1.807) is 13.3 Å². The van der Waals surface area contributed by atoms with Crippen molar-refractivity contribution in [1.29, 1.82) is 0 Å². The van der Waals surface area contributed by atoms with Crippen molar-refractivity contribution < 1.29 is 9.53 Å². The topological polar surface area (TPSA) is 78.2 Å². The second-order valence-electron chi connectivity index (χ2n) is 6.89. The van der Waals surface area contributed by atoms with Crippen molar-refractivity contribution >= 4 is 22.5 Å². The van der Waals surface area contributed by atoms with Crippen LogP contribution in [0.5, 0.6) is 0 Å². The summed E-state index contributed by atoms with van der Waals surface area (Å²) in [5, 5.41) is 3.86. The Labute approximate surface area is 173 Å². The fourth-order valence-corrected chi connectivity index (χ4v) is 3.39. The summed E-state index contributed by atoms with van der Waals surface area (Å²) >= 11 is 0. The number of nitrogens with zero attached hydrogens (tertiary/aromatic N) is 3. The summed E-state index contributed by atoms with van der Waals surface area (Å²) in [6, 6.07) is 17.2. The van der Waals surface area contributed by atoms with Crippen LogP contribution in [0.25, 0.3) is 22.2 Å². The number of amides is 1. The number of aromatic nitrogens is 3. The molecule has 0 unspecified atom stereocenters. The van der Waals surface area contributed by atoms with E-state index in [1.807, 2.05) is 60.8 Å². The molecule has 30 heavy (non-hydrogen) atoms. The first kappa shape index (κ1) is 19.6. The van der Waals surface area contributed by atoms with Crippen molar-refractivity contribution in [2.24, 2.45) is 0 Å². The number of hydrogen-bond acceptors (Lipinski definition) is 4. The zero-order chi connectivity index (χ0) is 20.9. The number of nitrogens with one attached hydrogen (secondary N) is 1. The highest BCUT2D eigenvalue weighted by Gasteiger charge is 2.11. The summed E-state index contributed by atoms with van der Waals surface area (Å²) in [6.07, 6.45) is 4.82. The third kappa shape index (κ3) is 4.16. The number of carbonyl (C=O) groups excluding carboxylic acids is 1. The van der Waals surface area contributed by atoms with Crippen molar-refractivity contribution in [1.82, 2.24) is 14.1 Å². The standard InChI is InChI=1S/C23H22N4O3/c1-30-13-12-26-11-10-18-19(8-5-9-21(18)26)25-22(28)16-27-15-20(24-14-23(27)29)17-6-3-2-4-7-17/h2-11,14-15H,12-13,16H2,1H3,(H,25,28). The van der Waals surface area contributed by atoms with Crippen LogP contribution in [-0.4, -0.2) is 33.7 Å². The molecule has 2 aromatic heterocycles. The van der Waals surface area contributed by atoms with Gasteiger partial charge in [0, 0.05) is 37.0 Å². The van der Waals surface area contributed by atoms with Crippen molar-refractivity contribution in [3.05, 3.63) is 83.5 Å². The Morgan fingerprint density at radius 2 is 1.90 bits per heavy atom. The lowest BCUT2D eigenvalue weighted by Gasteiger charge is -2.10. The number of methoxy groups -OCH3 is 1. The number of hydrogen-bond donors (Lipinski definition) is 1. The van der Waals surface area contributed by atoms with Gasteiger partial charge in [0.2, 0.25) is 5.91 Å². The number of rotatable bonds is 7. The summed E-state index contributed by atoms with van der Waals surface area (Å²) in [4.78, 5) is 29.1. The van der Waals surface area contributed by atoms with Crippen LogP contribution in [0.15, 0.2) is 78.0 Å². The molecule has 0 bridgehead atoms. The van der Waals surface area contributed by atoms with Gasteiger partial charge in [0.1, 0.15) is 6.54 Å².